The first-order chi connectivity index (χ1) is 51.4. The van der Waals surface area contributed by atoms with E-state index in [1.165, 1.54) is 65.7 Å². The minimum atomic E-state index is -3.75. The average Bonchev–Trinajstić information content (AvgIpc) is 1.66. The summed E-state index contributed by atoms with van der Waals surface area (Å²) in [5.74, 6) is 0.259. The molecule has 0 saturated carbocycles. The highest BCUT2D eigenvalue weighted by Crippen LogP contribution is 2.39. The normalized spacial score (nSPS) is 15.4. The second kappa shape index (κ2) is 34.1. The maximum Gasteiger partial charge on any atom is 0.263 e. The van der Waals surface area contributed by atoms with E-state index < -0.39 is 42.2 Å². The van der Waals surface area contributed by atoms with E-state index in [0.29, 0.717) is 131 Å². The van der Waals surface area contributed by atoms with E-state index in [4.69, 9.17) is 39.3 Å². The number of hydrogen-bond donors (Lipinski definition) is 4. The number of aliphatic hydroxyl groups excluding tert-OH is 1. The molecule has 2 atom stereocenters. The molecule has 4 N–H and O–H groups in total. The molecule has 0 unspecified atom stereocenters. The lowest BCUT2D eigenvalue weighted by atomic mass is 9.89. The SMILES string of the molecule is C[C@H](C(=O)N1CCN(c2ccc(S(=O)(=O)Nc3nccs3)cc2)C[C@H]1CO)n1ccc2c(F)cccc21.Cc1onc(-c2c(Cl)cccc2Cl)c1C(=O)N1CCC(c2ccc(S(=O)(=O)Nc3nccs3)cc2)CC1.O=C(CCc1ccccc1Cl)N1CCN(c2ccc(S(=O)(=O)Nc3ccncn3)cc2)CC1.[HH].[HH].[HH].[HH].[HH].[HH]. The molecule has 0 radical (unpaired) electrons. The van der Waals surface area contributed by atoms with E-state index in [0.717, 1.165) is 35.3 Å². The Morgan fingerprint density at radius 3 is 1.79 bits per heavy atom. The van der Waals surface area contributed by atoms with Crippen molar-refractivity contribution in [2.75, 3.05) is 89.5 Å². The minimum absolute atomic E-state index is 0. The number of likely N-dealkylation sites (tertiary alicyclic amines) is 1. The average molecular weight is 1620 g/mol. The number of hydrogen-bond acceptors (Lipinski definition) is 20. The predicted octanol–water partition coefficient (Wildman–Crippen LogP) is 14.2. The molecule has 3 aliphatic rings. The summed E-state index contributed by atoms with van der Waals surface area (Å²) in [6, 6.07) is 39.6. The van der Waals surface area contributed by atoms with Crippen molar-refractivity contribution >= 4 is 144 Å². The molecule has 14 rings (SSSR count). The van der Waals surface area contributed by atoms with Gasteiger partial charge in [0.1, 0.15) is 41.0 Å². The Labute approximate surface area is 649 Å². The number of carbonyl (C=O) groups excluding carboxylic acids is 3. The molecular formula is C73H84Cl3FN14O11S5. The third-order valence-corrected chi connectivity index (χ3v) is 25.2. The van der Waals surface area contributed by atoms with Crippen LogP contribution in [0.2, 0.25) is 15.1 Å². The van der Waals surface area contributed by atoms with Crippen molar-refractivity contribution < 1.29 is 62.2 Å². The number of anilines is 5. The predicted molar refractivity (Wildman–Crippen MR) is 425 cm³/mol. The van der Waals surface area contributed by atoms with Gasteiger partial charge in [0.2, 0.25) is 11.8 Å². The van der Waals surface area contributed by atoms with Crippen LogP contribution >= 0.6 is 57.5 Å². The number of benzene rings is 6. The molecule has 11 aromatic rings. The van der Waals surface area contributed by atoms with E-state index in [-0.39, 0.29) is 65.1 Å². The summed E-state index contributed by atoms with van der Waals surface area (Å²) in [5.41, 5.74) is 5.53. The Balaban J connectivity index is 0.000000258. The van der Waals surface area contributed by atoms with E-state index >= 15 is 0 Å². The fourth-order valence-electron chi connectivity index (χ4n) is 12.8. The van der Waals surface area contributed by atoms with Gasteiger partial charge in [-0.3, -0.25) is 28.5 Å². The lowest BCUT2D eigenvalue weighted by Gasteiger charge is -2.42. The van der Waals surface area contributed by atoms with Crippen molar-refractivity contribution in [1.29, 1.82) is 0 Å². The molecule has 25 nitrogen and oxygen atoms in total. The van der Waals surface area contributed by atoms with Crippen LogP contribution < -0.4 is 24.0 Å². The van der Waals surface area contributed by atoms with Crippen molar-refractivity contribution in [1.82, 2.24) is 44.4 Å². The van der Waals surface area contributed by atoms with Crippen molar-refractivity contribution in [2.24, 2.45) is 0 Å². The maximum absolute atomic E-state index is 14.1. The molecule has 5 aromatic heterocycles. The molecule has 0 spiro atoms. The van der Waals surface area contributed by atoms with E-state index in [2.05, 4.69) is 44.2 Å². The molecule has 0 bridgehead atoms. The molecule has 3 fully saturated rings. The van der Waals surface area contributed by atoms with Crippen molar-refractivity contribution in [2.45, 2.75) is 72.2 Å². The second-order valence-electron chi connectivity index (χ2n) is 25.1. The minimum Gasteiger partial charge on any atom is -0.394 e. The first-order valence-corrected chi connectivity index (χ1v) is 41.1. The summed E-state index contributed by atoms with van der Waals surface area (Å²) in [6.07, 6.45) is 10.0. The highest BCUT2D eigenvalue weighted by molar-refractivity contribution is 7.93. The third-order valence-electron chi connectivity index (χ3n) is 18.5. The Kier molecular flexibility index (Phi) is 24.6. The first kappa shape index (κ1) is 77.1. The van der Waals surface area contributed by atoms with Crippen LogP contribution in [0.4, 0.5) is 31.8 Å². The summed E-state index contributed by atoms with van der Waals surface area (Å²) in [6.45, 7) is 8.21. The van der Waals surface area contributed by atoms with Crippen LogP contribution in [0.5, 0.6) is 0 Å². The van der Waals surface area contributed by atoms with Gasteiger partial charge in [0, 0.05) is 137 Å². The number of fused-ring (bicyclic) bond motifs is 1. The quantitative estimate of drug-likeness (QED) is 0.0551. The fraction of sp³-hybridized carbons (Fsp3) is 0.260. The smallest absolute Gasteiger partial charge is 0.263 e. The van der Waals surface area contributed by atoms with E-state index in [9.17, 15) is 49.1 Å². The number of nitrogens with zero attached hydrogens (tertiary/aromatic N) is 11. The van der Waals surface area contributed by atoms with Gasteiger partial charge in [-0.1, -0.05) is 82.4 Å². The standard InChI is InChI=1S/C25H22Cl2N4O4S2.C25H26FN5O4S2.C23H24ClN5O3S.6H2/c1-15-21(23(29-35-15)22-19(26)3-2-4-20(22)27)24(32)31-12-9-17(10-13-31)16-5-7-18(8-6-16)37(33,34)30-25-28-11-14-36-25;1-17(30-11-9-21-22(26)3-2-4-23(21)30)24(33)31-13-12-29(15-19(31)16-32)18-5-7-20(8-6-18)37(34,35)28-25-27-10-14-36-25;24-21-4-2-1-3-18(21)5-10-23(30)29-15-13-28(14-16-29)19-6-8-20(9-7-19)33(31,32)27-22-11-12-25-17-26-22;;;;;;/h2-8,11,14,17H,9-10,12-13H2,1H3,(H,28,30);2-11,14,17,19,32H,12-13,15-16H2,1H3,(H,27,28);1-4,6-9,11-12,17H,5,10,13-16H2,(H,25,26,27);6*1H/t;17-,19+;;;;;;;/m.1......./s1. The number of sulfonamides is 3. The van der Waals surface area contributed by atoms with Crippen LogP contribution in [0.1, 0.15) is 74.0 Å². The third kappa shape index (κ3) is 18.4. The highest BCUT2D eigenvalue weighted by Gasteiger charge is 2.35. The molecule has 6 aromatic carbocycles. The second-order valence-corrected chi connectivity index (χ2v) is 33.2. The number of aromatic nitrogens is 6. The first-order valence-electron chi connectivity index (χ1n) is 33.8. The zero-order chi connectivity index (χ0) is 75.6. The maximum atomic E-state index is 14.1. The number of aliphatic hydroxyl groups is 1. The Hall–Kier alpha value is -9.57. The van der Waals surface area contributed by atoms with Gasteiger partial charge < -0.3 is 38.7 Å². The van der Waals surface area contributed by atoms with E-state index in [1.807, 2.05) is 46.2 Å². The van der Waals surface area contributed by atoms with Gasteiger partial charge in [-0.15, -0.1) is 22.7 Å². The number of halogens is 4. The summed E-state index contributed by atoms with van der Waals surface area (Å²) in [5, 5.41) is 20.1. The van der Waals surface area contributed by atoms with Gasteiger partial charge >= 0.3 is 0 Å². The van der Waals surface area contributed by atoms with Gasteiger partial charge in [-0.05, 0) is 153 Å². The molecule has 0 aliphatic carbocycles. The van der Waals surface area contributed by atoms with Gasteiger partial charge in [0.15, 0.2) is 10.3 Å². The molecular weight excluding hydrogens is 1530 g/mol. The number of carbonyl (C=O) groups is 3. The van der Waals surface area contributed by atoms with Crippen molar-refractivity contribution in [3.8, 4) is 11.3 Å². The molecule has 34 heteroatoms. The van der Waals surface area contributed by atoms with E-state index in [1.54, 1.807) is 136 Å². The Bertz CT molecular complexity index is 5290. The van der Waals surface area contributed by atoms with Crippen LogP contribution in [-0.2, 0) is 46.1 Å². The number of thiazole rings is 2. The number of piperazine rings is 2. The molecule has 3 amide bonds. The summed E-state index contributed by atoms with van der Waals surface area (Å²) in [7, 11) is -11.2. The van der Waals surface area contributed by atoms with Crippen LogP contribution in [0, 0.1) is 12.7 Å². The molecule has 570 valence electrons. The van der Waals surface area contributed by atoms with Crippen LogP contribution in [0.15, 0.2) is 207 Å². The van der Waals surface area contributed by atoms with Crippen LogP contribution in [-0.4, -0.2) is 164 Å². The summed E-state index contributed by atoms with van der Waals surface area (Å²) in [4.78, 5) is 65.0. The number of aryl methyl sites for hydroxylation is 2. The highest BCUT2D eigenvalue weighted by atomic mass is 35.5. The summed E-state index contributed by atoms with van der Waals surface area (Å²) < 4.78 is 104. The zero-order valence-corrected chi connectivity index (χ0v) is 63.9. The number of nitrogens with one attached hydrogen (secondary N) is 3. The number of rotatable bonds is 20. The van der Waals surface area contributed by atoms with Crippen LogP contribution in [0.25, 0.3) is 22.2 Å². The fourth-order valence-corrected chi connectivity index (χ4v) is 18.2. The van der Waals surface area contributed by atoms with Gasteiger partial charge in [0.05, 0.1) is 42.9 Å². The Morgan fingerprint density at radius 2 is 1.21 bits per heavy atom. The topological polar surface area (TPSA) is 309 Å². The molecule has 3 saturated heterocycles. The monoisotopic (exact) mass is 1620 g/mol. The van der Waals surface area contributed by atoms with Gasteiger partial charge in [-0.2, -0.15) is 0 Å². The van der Waals surface area contributed by atoms with Gasteiger partial charge in [-0.25, -0.2) is 49.6 Å². The van der Waals surface area contributed by atoms with Gasteiger partial charge in [0.25, 0.3) is 36.0 Å². The summed E-state index contributed by atoms with van der Waals surface area (Å²) >= 11 is 21.3. The van der Waals surface area contributed by atoms with Crippen molar-refractivity contribution in [3.05, 3.63) is 231 Å². The number of amides is 3. The number of piperidine rings is 1. The van der Waals surface area contributed by atoms with Crippen molar-refractivity contribution in [3.63, 3.8) is 0 Å². The molecule has 107 heavy (non-hydrogen) atoms. The zero-order valence-electron chi connectivity index (χ0n) is 57.5. The Morgan fingerprint density at radius 1 is 0.645 bits per heavy atom. The molecule has 3 aliphatic heterocycles. The lowest BCUT2D eigenvalue weighted by molar-refractivity contribution is -0.138. The lowest BCUT2D eigenvalue weighted by Crippen LogP contribution is -2.57. The molecule has 8 heterocycles. The van der Waals surface area contributed by atoms with Crippen LogP contribution in [0.3, 0.4) is 0 Å². The largest absolute Gasteiger partial charge is 0.394 e.